The van der Waals surface area contributed by atoms with Gasteiger partial charge in [-0.25, -0.2) is 8.42 Å². The van der Waals surface area contributed by atoms with E-state index in [1.807, 2.05) is 19.1 Å². The Hall–Kier alpha value is -2.98. The molecular formula is C25H32ClN3O6S. The van der Waals surface area contributed by atoms with Crippen molar-refractivity contribution in [1.82, 2.24) is 10.2 Å². The number of halogens is 1. The van der Waals surface area contributed by atoms with Gasteiger partial charge in [0, 0.05) is 37.6 Å². The highest BCUT2D eigenvalue weighted by Gasteiger charge is 2.28. The lowest BCUT2D eigenvalue weighted by Crippen LogP contribution is -2.48. The lowest BCUT2D eigenvalue weighted by Gasteiger charge is -2.31. The first-order valence-electron chi connectivity index (χ1n) is 11.8. The Kier molecular flexibility index (Phi) is 9.44. The molecule has 1 atom stereocenters. The summed E-state index contributed by atoms with van der Waals surface area (Å²) >= 11 is 5.98. The second kappa shape index (κ2) is 12.3. The molecule has 0 aromatic heterocycles. The number of sulfonamides is 1. The number of benzene rings is 2. The summed E-state index contributed by atoms with van der Waals surface area (Å²) in [5.41, 5.74) is 1.27. The van der Waals surface area contributed by atoms with Crippen molar-refractivity contribution in [2.75, 3.05) is 37.4 Å². The van der Waals surface area contributed by atoms with Gasteiger partial charge in [-0.2, -0.15) is 0 Å². The van der Waals surface area contributed by atoms with Crippen LogP contribution in [0.25, 0.3) is 0 Å². The molecule has 1 N–H and O–H groups in total. The molecule has 11 heteroatoms. The van der Waals surface area contributed by atoms with Crippen LogP contribution in [0.5, 0.6) is 11.5 Å². The molecule has 0 bridgehead atoms. The van der Waals surface area contributed by atoms with Crippen molar-refractivity contribution in [3.8, 4) is 11.5 Å². The van der Waals surface area contributed by atoms with Gasteiger partial charge in [0.15, 0.2) is 11.5 Å². The van der Waals surface area contributed by atoms with Crippen LogP contribution in [0, 0.1) is 0 Å². The van der Waals surface area contributed by atoms with E-state index in [2.05, 4.69) is 5.32 Å². The highest BCUT2D eigenvalue weighted by molar-refractivity contribution is 7.92. The molecular weight excluding hydrogens is 506 g/mol. The maximum absolute atomic E-state index is 13.3. The standard InChI is InChI=1S/C25H32ClN3O6S/c1-4-21(25(31)27-2)28(17-18-7-9-19(26)10-8-18)24(30)6-5-13-29(36(3,32)33)20-11-12-22-23(16-20)35-15-14-34-22/h7-12,16,21H,4-6,13-15,17H2,1-3H3,(H,27,31)/t21-/m1/s1. The van der Waals surface area contributed by atoms with Gasteiger partial charge in [0.05, 0.1) is 11.9 Å². The topological polar surface area (TPSA) is 105 Å². The quantitative estimate of drug-likeness (QED) is 0.472. The number of carbonyl (C=O) groups is 2. The second-order valence-electron chi connectivity index (χ2n) is 8.45. The molecule has 0 unspecified atom stereocenters. The van der Waals surface area contributed by atoms with E-state index in [1.165, 1.54) is 16.3 Å². The summed E-state index contributed by atoms with van der Waals surface area (Å²) in [4.78, 5) is 27.4. The zero-order chi connectivity index (χ0) is 26.3. The van der Waals surface area contributed by atoms with Gasteiger partial charge in [-0.15, -0.1) is 0 Å². The van der Waals surface area contributed by atoms with E-state index >= 15 is 0 Å². The molecule has 2 aromatic rings. The Morgan fingerprint density at radius 1 is 1.08 bits per heavy atom. The molecule has 0 aliphatic carbocycles. The molecule has 1 heterocycles. The Morgan fingerprint density at radius 3 is 2.36 bits per heavy atom. The number of fused-ring (bicyclic) bond motifs is 1. The molecule has 1 aliphatic heterocycles. The number of hydrogen-bond acceptors (Lipinski definition) is 6. The van der Waals surface area contributed by atoms with E-state index in [9.17, 15) is 18.0 Å². The van der Waals surface area contributed by atoms with E-state index in [1.54, 1.807) is 30.3 Å². The summed E-state index contributed by atoms with van der Waals surface area (Å²) in [6, 6.07) is 11.4. The summed E-state index contributed by atoms with van der Waals surface area (Å²) in [6.45, 7) is 2.99. The van der Waals surface area contributed by atoms with Gasteiger partial charge in [-0.3, -0.25) is 13.9 Å². The number of hydrogen-bond donors (Lipinski definition) is 1. The number of amides is 2. The third kappa shape index (κ3) is 7.04. The normalized spacial score (nSPS) is 13.6. The number of nitrogens with one attached hydrogen (secondary N) is 1. The molecule has 0 spiro atoms. The van der Waals surface area contributed by atoms with Gasteiger partial charge < -0.3 is 19.7 Å². The van der Waals surface area contributed by atoms with Crippen molar-refractivity contribution in [3.63, 3.8) is 0 Å². The molecule has 1 aliphatic rings. The van der Waals surface area contributed by atoms with Crippen molar-refractivity contribution in [2.45, 2.75) is 38.8 Å². The minimum Gasteiger partial charge on any atom is -0.486 e. The van der Waals surface area contributed by atoms with Crippen molar-refractivity contribution in [1.29, 1.82) is 0 Å². The van der Waals surface area contributed by atoms with Crippen molar-refractivity contribution >= 4 is 39.1 Å². The number of likely N-dealkylation sites (N-methyl/N-ethyl adjacent to an activating group) is 1. The van der Waals surface area contributed by atoms with Gasteiger partial charge >= 0.3 is 0 Å². The number of nitrogens with zero attached hydrogens (tertiary/aromatic N) is 2. The summed E-state index contributed by atoms with van der Waals surface area (Å²) in [6.07, 6.45) is 1.89. The zero-order valence-electron chi connectivity index (χ0n) is 20.7. The molecule has 2 aromatic carbocycles. The predicted octanol–water partition coefficient (Wildman–Crippen LogP) is 3.21. The molecule has 9 nitrogen and oxygen atoms in total. The Balaban J connectivity index is 1.74. The molecule has 0 saturated heterocycles. The molecule has 0 saturated carbocycles. The maximum Gasteiger partial charge on any atom is 0.242 e. The van der Waals surface area contributed by atoms with Crippen LogP contribution < -0.4 is 19.1 Å². The summed E-state index contributed by atoms with van der Waals surface area (Å²) in [5, 5.41) is 3.20. The van der Waals surface area contributed by atoms with Crippen LogP contribution >= 0.6 is 11.6 Å². The predicted molar refractivity (Wildman–Crippen MR) is 139 cm³/mol. The van der Waals surface area contributed by atoms with Crippen LogP contribution in [0.3, 0.4) is 0 Å². The van der Waals surface area contributed by atoms with Gasteiger partial charge in [0.2, 0.25) is 21.8 Å². The summed E-state index contributed by atoms with van der Waals surface area (Å²) in [5.74, 6) is 0.546. The smallest absolute Gasteiger partial charge is 0.242 e. The first-order chi connectivity index (χ1) is 17.1. The van der Waals surface area contributed by atoms with E-state index < -0.39 is 16.1 Å². The van der Waals surface area contributed by atoms with Crippen LogP contribution in [0.4, 0.5) is 5.69 Å². The third-order valence-electron chi connectivity index (χ3n) is 5.86. The van der Waals surface area contributed by atoms with E-state index in [0.29, 0.717) is 41.8 Å². The van der Waals surface area contributed by atoms with Gasteiger partial charge in [0.25, 0.3) is 0 Å². The lowest BCUT2D eigenvalue weighted by atomic mass is 10.1. The average molecular weight is 538 g/mol. The number of anilines is 1. The number of ether oxygens (including phenoxy) is 2. The zero-order valence-corrected chi connectivity index (χ0v) is 22.3. The molecule has 0 fully saturated rings. The number of rotatable bonds is 11. The fourth-order valence-corrected chi connectivity index (χ4v) is 5.15. The summed E-state index contributed by atoms with van der Waals surface area (Å²) in [7, 11) is -2.08. The van der Waals surface area contributed by atoms with Gasteiger partial charge in [-0.1, -0.05) is 30.7 Å². The minimum absolute atomic E-state index is 0.0671. The van der Waals surface area contributed by atoms with Crippen molar-refractivity contribution in [3.05, 3.63) is 53.1 Å². The fourth-order valence-electron chi connectivity index (χ4n) is 4.06. The Labute approximate surface area is 217 Å². The van der Waals surface area contributed by atoms with Crippen LogP contribution in [-0.2, 0) is 26.2 Å². The average Bonchev–Trinajstić information content (AvgIpc) is 2.86. The van der Waals surface area contributed by atoms with Crippen molar-refractivity contribution < 1.29 is 27.5 Å². The number of carbonyl (C=O) groups excluding carboxylic acids is 2. The molecule has 36 heavy (non-hydrogen) atoms. The third-order valence-corrected chi connectivity index (χ3v) is 7.31. The van der Waals surface area contributed by atoms with Crippen LogP contribution in [0.2, 0.25) is 5.02 Å². The molecule has 0 radical (unpaired) electrons. The fraction of sp³-hybridized carbons (Fsp3) is 0.440. The highest BCUT2D eigenvalue weighted by atomic mass is 35.5. The van der Waals surface area contributed by atoms with Crippen molar-refractivity contribution in [2.24, 2.45) is 0 Å². The minimum atomic E-state index is -3.62. The largest absolute Gasteiger partial charge is 0.486 e. The molecule has 3 rings (SSSR count). The highest BCUT2D eigenvalue weighted by Crippen LogP contribution is 2.34. The molecule has 196 valence electrons. The first kappa shape index (κ1) is 27.6. The monoisotopic (exact) mass is 537 g/mol. The van der Waals surface area contributed by atoms with Crippen LogP contribution in [0.15, 0.2) is 42.5 Å². The van der Waals surface area contributed by atoms with Crippen LogP contribution in [-0.4, -0.2) is 64.2 Å². The Morgan fingerprint density at radius 2 is 1.75 bits per heavy atom. The van der Waals surface area contributed by atoms with Crippen LogP contribution in [0.1, 0.15) is 31.7 Å². The molecule has 2 amide bonds. The van der Waals surface area contributed by atoms with Gasteiger partial charge in [-0.05, 0) is 42.7 Å². The SMILES string of the molecule is CC[C@H](C(=O)NC)N(Cc1ccc(Cl)cc1)C(=O)CCCN(c1ccc2c(c1)OCCO2)S(C)(=O)=O. The lowest BCUT2D eigenvalue weighted by molar-refractivity contribution is -0.141. The van der Waals surface area contributed by atoms with E-state index in [-0.39, 0.29) is 37.7 Å². The first-order valence-corrected chi connectivity index (χ1v) is 14.0. The van der Waals surface area contributed by atoms with E-state index in [4.69, 9.17) is 21.1 Å². The summed E-state index contributed by atoms with van der Waals surface area (Å²) < 4.78 is 37.5. The van der Waals surface area contributed by atoms with E-state index in [0.717, 1.165) is 11.8 Å². The maximum atomic E-state index is 13.3. The Bertz CT molecular complexity index is 1170. The second-order valence-corrected chi connectivity index (χ2v) is 10.8. The van der Waals surface area contributed by atoms with Gasteiger partial charge in [0.1, 0.15) is 19.3 Å².